The lowest BCUT2D eigenvalue weighted by molar-refractivity contribution is 0.253. The highest BCUT2D eigenvalue weighted by Crippen LogP contribution is 2.28. The lowest BCUT2D eigenvalue weighted by atomic mass is 10.0. The zero-order valence-corrected chi connectivity index (χ0v) is 9.37. The van der Waals surface area contributed by atoms with Crippen LogP contribution in [0.1, 0.15) is 33.3 Å². The molecule has 0 aliphatic carbocycles. The predicted octanol–water partition coefficient (Wildman–Crippen LogP) is 3.90. The number of ether oxygens (including phenoxy) is 1. The van der Waals surface area contributed by atoms with Crippen LogP contribution in [0.25, 0.3) is 6.08 Å². The molecule has 1 aromatic carbocycles. The Kier molecular flexibility index (Phi) is 3.75. The average molecular weight is 190 g/mol. The molecule has 1 aliphatic rings. The van der Waals surface area contributed by atoms with Crippen molar-refractivity contribution in [3.05, 3.63) is 35.4 Å². The second-order valence-corrected chi connectivity index (χ2v) is 3.19. The number of rotatable bonds is 0. The highest BCUT2D eigenvalue weighted by Gasteiger charge is 2.13. The van der Waals surface area contributed by atoms with Gasteiger partial charge in [0.05, 0.1) is 0 Å². The Morgan fingerprint density at radius 3 is 2.50 bits per heavy atom. The minimum atomic E-state index is 0.222. The van der Waals surface area contributed by atoms with Gasteiger partial charge in [0.15, 0.2) is 0 Å². The molecule has 0 fully saturated rings. The summed E-state index contributed by atoms with van der Waals surface area (Å²) in [6, 6.07) is 8.11. The van der Waals surface area contributed by atoms with Gasteiger partial charge >= 0.3 is 0 Å². The van der Waals surface area contributed by atoms with E-state index in [0.29, 0.717) is 0 Å². The van der Waals surface area contributed by atoms with Crippen molar-refractivity contribution in [3.8, 4) is 5.75 Å². The smallest absolute Gasteiger partial charge is 0.127 e. The van der Waals surface area contributed by atoms with Gasteiger partial charge in [0, 0.05) is 5.56 Å². The monoisotopic (exact) mass is 190 g/mol. The van der Waals surface area contributed by atoms with Crippen LogP contribution in [0.5, 0.6) is 5.75 Å². The molecule has 1 nitrogen and oxygen atoms in total. The van der Waals surface area contributed by atoms with Crippen LogP contribution in [0.3, 0.4) is 0 Å². The van der Waals surface area contributed by atoms with Gasteiger partial charge in [-0.1, -0.05) is 32.0 Å². The van der Waals surface area contributed by atoms with Gasteiger partial charge in [-0.05, 0) is 31.6 Å². The van der Waals surface area contributed by atoms with Crippen LogP contribution >= 0.6 is 0 Å². The molecular weight excluding hydrogens is 172 g/mol. The molecule has 1 aliphatic heterocycles. The molecule has 76 valence electrons. The molecule has 1 heterocycles. The molecule has 0 amide bonds. The molecular formula is C13H18O. The summed E-state index contributed by atoms with van der Waals surface area (Å²) in [6.45, 7) is 8.17. The van der Waals surface area contributed by atoms with Crippen molar-refractivity contribution in [2.24, 2.45) is 0 Å². The summed E-state index contributed by atoms with van der Waals surface area (Å²) < 4.78 is 5.68. The molecule has 14 heavy (non-hydrogen) atoms. The van der Waals surface area contributed by atoms with E-state index in [1.807, 2.05) is 32.0 Å². The van der Waals surface area contributed by atoms with Crippen molar-refractivity contribution in [1.82, 2.24) is 0 Å². The maximum atomic E-state index is 5.68. The summed E-state index contributed by atoms with van der Waals surface area (Å²) in [5.41, 5.74) is 2.47. The van der Waals surface area contributed by atoms with Crippen molar-refractivity contribution in [3.63, 3.8) is 0 Å². The van der Waals surface area contributed by atoms with Crippen LogP contribution in [0.4, 0.5) is 0 Å². The molecule has 0 aromatic heterocycles. The number of hydrogen-bond acceptors (Lipinski definition) is 1. The van der Waals surface area contributed by atoms with E-state index in [4.69, 9.17) is 4.74 Å². The Hall–Kier alpha value is -1.24. The van der Waals surface area contributed by atoms with Gasteiger partial charge in [0.1, 0.15) is 11.9 Å². The van der Waals surface area contributed by atoms with Crippen LogP contribution in [0, 0.1) is 0 Å². The molecule has 0 saturated carbocycles. The highest BCUT2D eigenvalue weighted by molar-refractivity contribution is 5.62. The summed E-state index contributed by atoms with van der Waals surface area (Å²) >= 11 is 0. The molecule has 0 spiro atoms. The van der Waals surface area contributed by atoms with Crippen molar-refractivity contribution in [2.75, 3.05) is 0 Å². The summed E-state index contributed by atoms with van der Waals surface area (Å²) in [4.78, 5) is 0. The number of benzene rings is 1. The van der Waals surface area contributed by atoms with Gasteiger partial charge in [-0.2, -0.15) is 0 Å². The minimum Gasteiger partial charge on any atom is -0.486 e. The third kappa shape index (κ3) is 2.16. The number of fused-ring (bicyclic) bond motifs is 1. The first-order valence-electron chi connectivity index (χ1n) is 5.21. The summed E-state index contributed by atoms with van der Waals surface area (Å²) in [6.07, 6.45) is 2.41. The van der Waals surface area contributed by atoms with E-state index in [9.17, 15) is 0 Å². The van der Waals surface area contributed by atoms with Gasteiger partial charge in [0.2, 0.25) is 0 Å². The van der Waals surface area contributed by atoms with Crippen LogP contribution in [-0.4, -0.2) is 6.10 Å². The van der Waals surface area contributed by atoms with E-state index in [1.165, 1.54) is 11.1 Å². The highest BCUT2D eigenvalue weighted by atomic mass is 16.5. The van der Waals surface area contributed by atoms with Gasteiger partial charge < -0.3 is 4.74 Å². The molecule has 0 N–H and O–H groups in total. The zero-order valence-electron chi connectivity index (χ0n) is 9.37. The van der Waals surface area contributed by atoms with Crippen LogP contribution < -0.4 is 4.74 Å². The Balaban J connectivity index is 0.000000461. The fraction of sp³-hybridized carbons (Fsp3) is 0.385. The normalized spacial score (nSPS) is 18.3. The topological polar surface area (TPSA) is 9.23 Å². The van der Waals surface area contributed by atoms with Crippen molar-refractivity contribution >= 4 is 6.08 Å². The van der Waals surface area contributed by atoms with E-state index in [-0.39, 0.29) is 6.10 Å². The second kappa shape index (κ2) is 4.85. The fourth-order valence-corrected chi connectivity index (χ4v) is 1.35. The quantitative estimate of drug-likeness (QED) is 0.603. The van der Waals surface area contributed by atoms with E-state index in [0.717, 1.165) is 5.75 Å². The van der Waals surface area contributed by atoms with E-state index < -0.39 is 0 Å². The summed E-state index contributed by atoms with van der Waals surface area (Å²) in [5, 5.41) is 0. The Labute approximate surface area is 86.4 Å². The van der Waals surface area contributed by atoms with Gasteiger partial charge in [-0.3, -0.25) is 0 Å². The Morgan fingerprint density at radius 2 is 1.79 bits per heavy atom. The molecule has 0 saturated heterocycles. The van der Waals surface area contributed by atoms with Crippen LogP contribution in [0.15, 0.2) is 29.8 Å². The van der Waals surface area contributed by atoms with Crippen LogP contribution in [0.2, 0.25) is 0 Å². The van der Waals surface area contributed by atoms with E-state index in [2.05, 4.69) is 26.0 Å². The van der Waals surface area contributed by atoms with Gasteiger partial charge in [0.25, 0.3) is 0 Å². The van der Waals surface area contributed by atoms with Crippen molar-refractivity contribution in [2.45, 2.75) is 33.8 Å². The average Bonchev–Trinajstić information content (AvgIpc) is 2.23. The lowest BCUT2D eigenvalue weighted by Crippen LogP contribution is -2.16. The fourth-order valence-electron chi connectivity index (χ4n) is 1.35. The SMILES string of the molecule is CC.CC1=Cc2ccccc2OC1C. The third-order valence-electron chi connectivity index (χ3n) is 2.25. The maximum absolute atomic E-state index is 5.68. The number of para-hydroxylation sites is 1. The summed E-state index contributed by atoms with van der Waals surface area (Å²) in [7, 11) is 0. The van der Waals surface area contributed by atoms with Crippen LogP contribution in [-0.2, 0) is 0 Å². The van der Waals surface area contributed by atoms with Gasteiger partial charge in [-0.15, -0.1) is 0 Å². The number of hydrogen-bond donors (Lipinski definition) is 0. The molecule has 0 bridgehead atoms. The first-order valence-corrected chi connectivity index (χ1v) is 5.21. The molecule has 1 aromatic rings. The minimum absolute atomic E-state index is 0.222. The predicted molar refractivity (Wildman–Crippen MR) is 61.5 cm³/mol. The Morgan fingerprint density at radius 1 is 1.14 bits per heavy atom. The largest absolute Gasteiger partial charge is 0.486 e. The first kappa shape index (κ1) is 10.8. The summed E-state index contributed by atoms with van der Waals surface area (Å²) in [5.74, 6) is 0.996. The van der Waals surface area contributed by atoms with Crippen molar-refractivity contribution < 1.29 is 4.74 Å². The Bertz CT molecular complexity index is 326. The zero-order chi connectivity index (χ0) is 10.6. The maximum Gasteiger partial charge on any atom is 0.127 e. The molecule has 1 heteroatoms. The molecule has 1 unspecified atom stereocenters. The molecule has 2 rings (SSSR count). The molecule has 0 radical (unpaired) electrons. The van der Waals surface area contributed by atoms with E-state index >= 15 is 0 Å². The second-order valence-electron chi connectivity index (χ2n) is 3.19. The third-order valence-corrected chi connectivity index (χ3v) is 2.25. The standard InChI is InChI=1S/C11H12O.C2H6/c1-8-7-10-5-3-4-6-11(10)12-9(8)2;1-2/h3-7,9H,1-2H3;1-2H3. The van der Waals surface area contributed by atoms with Gasteiger partial charge in [-0.25, -0.2) is 0 Å². The molecule has 1 atom stereocenters. The lowest BCUT2D eigenvalue weighted by Gasteiger charge is -2.22. The van der Waals surface area contributed by atoms with Crippen molar-refractivity contribution in [1.29, 1.82) is 0 Å². The van der Waals surface area contributed by atoms with E-state index in [1.54, 1.807) is 0 Å². The first-order chi connectivity index (χ1) is 6.77.